The van der Waals surface area contributed by atoms with E-state index in [-0.39, 0.29) is 0 Å². The highest BCUT2D eigenvalue weighted by molar-refractivity contribution is 7.99. The summed E-state index contributed by atoms with van der Waals surface area (Å²) in [6.45, 7) is 1.60. The zero-order valence-electron chi connectivity index (χ0n) is 15.2. The SMILES string of the molecule is CC(Oc1ccc(C#N)cc1)C(=O)Nc1cc(F)ccc1Sc1nccn1C. The van der Waals surface area contributed by atoms with Crippen LogP contribution in [0.5, 0.6) is 5.75 Å². The van der Waals surface area contributed by atoms with Gasteiger partial charge in [-0.3, -0.25) is 4.79 Å². The molecule has 0 spiro atoms. The molecule has 0 aliphatic heterocycles. The molecular formula is C20H17FN4O2S. The van der Waals surface area contributed by atoms with Crippen LogP contribution in [0.2, 0.25) is 0 Å². The molecule has 0 bridgehead atoms. The Balaban J connectivity index is 1.72. The van der Waals surface area contributed by atoms with Crippen LogP contribution < -0.4 is 10.1 Å². The Bertz CT molecular complexity index is 1030. The predicted octanol–water partition coefficient (Wildman–Crippen LogP) is 3.99. The summed E-state index contributed by atoms with van der Waals surface area (Å²) >= 11 is 1.32. The van der Waals surface area contributed by atoms with Crippen molar-refractivity contribution < 1.29 is 13.9 Å². The third kappa shape index (κ3) is 4.69. The van der Waals surface area contributed by atoms with Gasteiger partial charge in [-0.1, -0.05) is 0 Å². The smallest absolute Gasteiger partial charge is 0.265 e. The molecular weight excluding hydrogens is 379 g/mol. The fourth-order valence-electron chi connectivity index (χ4n) is 2.34. The largest absolute Gasteiger partial charge is 0.481 e. The van der Waals surface area contributed by atoms with Crippen molar-refractivity contribution in [3.63, 3.8) is 0 Å². The highest BCUT2D eigenvalue weighted by Crippen LogP contribution is 2.33. The number of halogens is 1. The van der Waals surface area contributed by atoms with Gasteiger partial charge < -0.3 is 14.6 Å². The van der Waals surface area contributed by atoms with Gasteiger partial charge in [0.25, 0.3) is 5.91 Å². The number of nitrogens with one attached hydrogen (secondary N) is 1. The van der Waals surface area contributed by atoms with E-state index in [0.29, 0.717) is 27.1 Å². The maximum atomic E-state index is 13.7. The number of imidazole rings is 1. The first-order valence-electron chi connectivity index (χ1n) is 8.38. The van der Waals surface area contributed by atoms with E-state index in [1.54, 1.807) is 49.6 Å². The van der Waals surface area contributed by atoms with Crippen molar-refractivity contribution in [1.29, 1.82) is 5.26 Å². The topological polar surface area (TPSA) is 79.9 Å². The first-order valence-corrected chi connectivity index (χ1v) is 9.20. The van der Waals surface area contributed by atoms with Gasteiger partial charge in [-0.2, -0.15) is 5.26 Å². The lowest BCUT2D eigenvalue weighted by Gasteiger charge is -2.16. The number of ether oxygens (including phenoxy) is 1. The van der Waals surface area contributed by atoms with Crippen molar-refractivity contribution in [1.82, 2.24) is 9.55 Å². The van der Waals surface area contributed by atoms with Crippen LogP contribution in [0, 0.1) is 17.1 Å². The van der Waals surface area contributed by atoms with Crippen LogP contribution in [-0.2, 0) is 11.8 Å². The molecule has 28 heavy (non-hydrogen) atoms. The molecule has 1 atom stereocenters. The standard InChI is InChI=1S/C20H17FN4O2S/c1-13(27-16-6-3-14(12-22)4-7-16)19(26)24-17-11-15(21)5-8-18(17)28-20-23-9-10-25(20)2/h3-11,13H,1-2H3,(H,24,26). The summed E-state index contributed by atoms with van der Waals surface area (Å²) in [5, 5.41) is 12.3. The quantitative estimate of drug-likeness (QED) is 0.682. The van der Waals surface area contributed by atoms with Gasteiger partial charge in [-0.25, -0.2) is 9.37 Å². The zero-order chi connectivity index (χ0) is 20.1. The number of aryl methyl sites for hydroxylation is 1. The fourth-order valence-corrected chi connectivity index (χ4v) is 3.21. The molecule has 0 aliphatic carbocycles. The fraction of sp³-hybridized carbons (Fsp3) is 0.150. The Labute approximate surface area is 166 Å². The lowest BCUT2D eigenvalue weighted by atomic mass is 10.2. The number of hydrogen-bond donors (Lipinski definition) is 1. The van der Waals surface area contributed by atoms with E-state index < -0.39 is 17.8 Å². The molecule has 3 aromatic rings. The van der Waals surface area contributed by atoms with Gasteiger partial charge in [0.1, 0.15) is 11.6 Å². The van der Waals surface area contributed by atoms with Gasteiger partial charge in [0, 0.05) is 24.3 Å². The van der Waals surface area contributed by atoms with Gasteiger partial charge in [0.15, 0.2) is 11.3 Å². The van der Waals surface area contributed by atoms with Crippen molar-refractivity contribution in [2.75, 3.05) is 5.32 Å². The maximum Gasteiger partial charge on any atom is 0.265 e. The molecule has 0 fully saturated rings. The predicted molar refractivity (Wildman–Crippen MR) is 104 cm³/mol. The van der Waals surface area contributed by atoms with Crippen LogP contribution in [0.1, 0.15) is 12.5 Å². The molecule has 1 unspecified atom stereocenters. The molecule has 0 aliphatic rings. The molecule has 1 amide bonds. The second-order valence-corrected chi connectivity index (χ2v) is 6.96. The van der Waals surface area contributed by atoms with Crippen LogP contribution in [0.25, 0.3) is 0 Å². The number of nitrogens with zero attached hydrogens (tertiary/aromatic N) is 3. The summed E-state index contributed by atoms with van der Waals surface area (Å²) in [5.74, 6) is -0.416. The van der Waals surface area contributed by atoms with Gasteiger partial charge in [-0.15, -0.1) is 0 Å². The van der Waals surface area contributed by atoms with Crippen molar-refractivity contribution in [2.45, 2.75) is 23.1 Å². The number of hydrogen-bond acceptors (Lipinski definition) is 5. The van der Waals surface area contributed by atoms with E-state index in [1.807, 2.05) is 17.7 Å². The first-order chi connectivity index (χ1) is 13.5. The van der Waals surface area contributed by atoms with Crippen molar-refractivity contribution in [2.24, 2.45) is 7.05 Å². The molecule has 6 nitrogen and oxygen atoms in total. The van der Waals surface area contributed by atoms with E-state index in [2.05, 4.69) is 10.3 Å². The minimum Gasteiger partial charge on any atom is -0.481 e. The number of rotatable bonds is 6. The minimum absolute atomic E-state index is 0.341. The zero-order valence-corrected chi connectivity index (χ0v) is 16.0. The van der Waals surface area contributed by atoms with Crippen LogP contribution >= 0.6 is 11.8 Å². The highest BCUT2D eigenvalue weighted by Gasteiger charge is 2.18. The molecule has 0 radical (unpaired) electrons. The van der Waals surface area contributed by atoms with E-state index in [4.69, 9.17) is 10.00 Å². The second-order valence-electron chi connectivity index (χ2n) is 5.95. The van der Waals surface area contributed by atoms with Gasteiger partial charge in [0.05, 0.1) is 17.3 Å². The molecule has 2 aromatic carbocycles. The van der Waals surface area contributed by atoms with E-state index >= 15 is 0 Å². The molecule has 8 heteroatoms. The van der Waals surface area contributed by atoms with Crippen LogP contribution in [0.4, 0.5) is 10.1 Å². The molecule has 3 rings (SSSR count). The average molecular weight is 396 g/mol. The molecule has 1 heterocycles. The average Bonchev–Trinajstić information content (AvgIpc) is 3.09. The first kappa shape index (κ1) is 19.5. The molecule has 0 saturated carbocycles. The van der Waals surface area contributed by atoms with Gasteiger partial charge in [-0.05, 0) is 61.2 Å². The summed E-state index contributed by atoms with van der Waals surface area (Å²) in [5.41, 5.74) is 0.841. The molecule has 1 aromatic heterocycles. The Morgan fingerprint density at radius 2 is 2.07 bits per heavy atom. The van der Waals surface area contributed by atoms with Gasteiger partial charge in [0.2, 0.25) is 0 Å². The summed E-state index contributed by atoms with van der Waals surface area (Å²) in [7, 11) is 1.85. The van der Waals surface area contributed by atoms with E-state index in [1.165, 1.54) is 23.9 Å². The van der Waals surface area contributed by atoms with Gasteiger partial charge >= 0.3 is 0 Å². The molecule has 142 valence electrons. The molecule has 1 N–H and O–H groups in total. The summed E-state index contributed by atoms with van der Waals surface area (Å²) in [6, 6.07) is 12.6. The van der Waals surface area contributed by atoms with Crippen LogP contribution in [0.15, 0.2) is 64.9 Å². The minimum atomic E-state index is -0.817. The Morgan fingerprint density at radius 3 is 2.71 bits per heavy atom. The second kappa shape index (κ2) is 8.59. The Morgan fingerprint density at radius 1 is 1.32 bits per heavy atom. The third-order valence-electron chi connectivity index (χ3n) is 3.84. The molecule has 0 saturated heterocycles. The van der Waals surface area contributed by atoms with Crippen LogP contribution in [-0.4, -0.2) is 21.6 Å². The highest BCUT2D eigenvalue weighted by atomic mass is 32.2. The third-order valence-corrected chi connectivity index (χ3v) is 5.00. The maximum absolute atomic E-state index is 13.7. The van der Waals surface area contributed by atoms with E-state index in [0.717, 1.165) is 0 Å². The summed E-state index contributed by atoms with van der Waals surface area (Å²) < 4.78 is 21.2. The lowest BCUT2D eigenvalue weighted by Crippen LogP contribution is -2.30. The monoisotopic (exact) mass is 396 g/mol. The van der Waals surface area contributed by atoms with Crippen molar-refractivity contribution in [3.8, 4) is 11.8 Å². The number of carbonyl (C=O) groups excluding carboxylic acids is 1. The number of benzene rings is 2. The Kier molecular flexibility index (Phi) is 5.96. The number of carbonyl (C=O) groups is 1. The summed E-state index contributed by atoms with van der Waals surface area (Å²) in [6.07, 6.45) is 2.65. The van der Waals surface area contributed by atoms with E-state index in [9.17, 15) is 9.18 Å². The van der Waals surface area contributed by atoms with Crippen molar-refractivity contribution >= 4 is 23.4 Å². The van der Waals surface area contributed by atoms with Crippen LogP contribution in [0.3, 0.4) is 0 Å². The number of anilines is 1. The number of amides is 1. The van der Waals surface area contributed by atoms with Crippen molar-refractivity contribution in [3.05, 3.63) is 66.2 Å². The lowest BCUT2D eigenvalue weighted by molar-refractivity contribution is -0.122. The Hall–Kier alpha value is -3.31. The number of aromatic nitrogens is 2. The summed E-state index contributed by atoms with van der Waals surface area (Å²) in [4.78, 5) is 17.4. The number of nitriles is 1. The normalized spacial score (nSPS) is 11.5.